The third-order valence-electron chi connectivity index (χ3n) is 5.55. The standard InChI is InChI=1S/C20H21N5O4S3/c1-12-18(13(2)29-23-12)32(27,28)25-7-5-24(6-8-25)10-16-21-19(26)17-14(11-31-20(17)22-16)15-4-3-9-30-15/h3-4,9,11H,5-8,10H2,1-2H3,(H,21,22,26). The maximum Gasteiger partial charge on any atom is 0.260 e. The number of sulfonamides is 1. The van der Waals surface area contributed by atoms with Crippen molar-refractivity contribution in [2.75, 3.05) is 26.2 Å². The minimum atomic E-state index is -3.65. The van der Waals surface area contributed by atoms with Crippen molar-refractivity contribution in [1.82, 2.24) is 24.3 Å². The summed E-state index contributed by atoms with van der Waals surface area (Å²) in [6.07, 6.45) is 0. The van der Waals surface area contributed by atoms with Crippen LogP contribution in [0.5, 0.6) is 0 Å². The maximum atomic E-state index is 13.0. The van der Waals surface area contributed by atoms with Gasteiger partial charge in [0, 0.05) is 42.0 Å². The fourth-order valence-corrected chi connectivity index (χ4v) is 7.49. The van der Waals surface area contributed by atoms with Crippen LogP contribution in [-0.4, -0.2) is 58.9 Å². The van der Waals surface area contributed by atoms with Gasteiger partial charge in [0.05, 0.1) is 11.9 Å². The number of fused-ring (bicyclic) bond motifs is 1. The van der Waals surface area contributed by atoms with Crippen LogP contribution in [0.2, 0.25) is 0 Å². The summed E-state index contributed by atoms with van der Waals surface area (Å²) in [6, 6.07) is 3.96. The number of aromatic amines is 1. The smallest absolute Gasteiger partial charge is 0.260 e. The minimum absolute atomic E-state index is 0.144. The molecule has 0 amide bonds. The Hall–Kier alpha value is -2.38. The normalized spacial score (nSPS) is 16.2. The van der Waals surface area contributed by atoms with Crippen molar-refractivity contribution in [3.8, 4) is 10.4 Å². The maximum absolute atomic E-state index is 13.0. The number of piperazine rings is 1. The van der Waals surface area contributed by atoms with Crippen LogP contribution in [-0.2, 0) is 16.6 Å². The van der Waals surface area contributed by atoms with Crippen LogP contribution < -0.4 is 5.56 Å². The van der Waals surface area contributed by atoms with Crippen LogP contribution in [0.3, 0.4) is 0 Å². The highest BCUT2D eigenvalue weighted by Crippen LogP contribution is 2.33. The topological polar surface area (TPSA) is 112 Å². The van der Waals surface area contributed by atoms with E-state index in [1.165, 1.54) is 15.6 Å². The summed E-state index contributed by atoms with van der Waals surface area (Å²) >= 11 is 3.06. The van der Waals surface area contributed by atoms with Crippen molar-refractivity contribution in [3.63, 3.8) is 0 Å². The first-order valence-electron chi connectivity index (χ1n) is 10.0. The first kappa shape index (κ1) is 21.5. The molecule has 1 saturated heterocycles. The van der Waals surface area contributed by atoms with E-state index in [0.717, 1.165) is 10.4 Å². The molecule has 4 aromatic rings. The van der Waals surface area contributed by atoms with Crippen molar-refractivity contribution in [2.24, 2.45) is 0 Å². The summed E-state index contributed by atoms with van der Waals surface area (Å²) in [5, 5.41) is 8.35. The number of aryl methyl sites for hydroxylation is 2. The number of nitrogens with one attached hydrogen (secondary N) is 1. The van der Waals surface area contributed by atoms with Gasteiger partial charge in [-0.25, -0.2) is 13.4 Å². The molecule has 168 valence electrons. The fraction of sp³-hybridized carbons (Fsp3) is 0.350. The largest absolute Gasteiger partial charge is 0.360 e. The second-order valence-corrected chi connectivity index (χ2v) is 11.3. The molecular weight excluding hydrogens is 470 g/mol. The molecule has 0 unspecified atom stereocenters. The van der Waals surface area contributed by atoms with Gasteiger partial charge in [-0.05, 0) is 25.3 Å². The molecule has 5 rings (SSSR count). The van der Waals surface area contributed by atoms with E-state index in [1.807, 2.05) is 22.9 Å². The molecule has 1 aliphatic rings. The first-order chi connectivity index (χ1) is 15.3. The average Bonchev–Trinajstić information content (AvgIpc) is 3.48. The van der Waals surface area contributed by atoms with Crippen molar-refractivity contribution in [3.05, 3.63) is 50.5 Å². The van der Waals surface area contributed by atoms with Gasteiger partial charge in [0.25, 0.3) is 5.56 Å². The molecule has 0 bridgehead atoms. The summed E-state index contributed by atoms with van der Waals surface area (Å²) < 4.78 is 32.5. The molecule has 32 heavy (non-hydrogen) atoms. The Kier molecular flexibility index (Phi) is 5.50. The predicted octanol–water partition coefficient (Wildman–Crippen LogP) is 2.82. The lowest BCUT2D eigenvalue weighted by Crippen LogP contribution is -2.48. The fourth-order valence-electron chi connectivity index (χ4n) is 3.99. The van der Waals surface area contributed by atoms with Gasteiger partial charge in [0.1, 0.15) is 21.2 Å². The molecule has 9 nitrogen and oxygen atoms in total. The van der Waals surface area contributed by atoms with Gasteiger partial charge in [-0.1, -0.05) is 11.2 Å². The number of thiophene rings is 2. The molecule has 1 N–H and O–H groups in total. The lowest BCUT2D eigenvalue weighted by Gasteiger charge is -2.33. The third kappa shape index (κ3) is 3.71. The summed E-state index contributed by atoms with van der Waals surface area (Å²) in [7, 11) is -3.65. The Morgan fingerprint density at radius 1 is 1.19 bits per heavy atom. The average molecular weight is 492 g/mol. The SMILES string of the molecule is Cc1noc(C)c1S(=O)(=O)N1CCN(Cc2nc3scc(-c4cccs4)c3c(=O)[nH]2)CC1. The Morgan fingerprint density at radius 2 is 1.97 bits per heavy atom. The number of nitrogens with zero attached hydrogens (tertiary/aromatic N) is 4. The molecule has 5 heterocycles. The number of hydrogen-bond acceptors (Lipinski definition) is 9. The van der Waals surface area contributed by atoms with E-state index in [2.05, 4.69) is 20.0 Å². The van der Waals surface area contributed by atoms with Crippen LogP contribution in [0, 0.1) is 13.8 Å². The molecule has 0 aromatic carbocycles. The molecule has 4 aromatic heterocycles. The van der Waals surface area contributed by atoms with Crippen LogP contribution in [0.25, 0.3) is 20.7 Å². The Morgan fingerprint density at radius 3 is 2.62 bits per heavy atom. The van der Waals surface area contributed by atoms with E-state index in [0.29, 0.717) is 60.2 Å². The molecule has 1 fully saturated rings. The van der Waals surface area contributed by atoms with Gasteiger partial charge in [0.2, 0.25) is 10.0 Å². The van der Waals surface area contributed by atoms with Crippen molar-refractivity contribution < 1.29 is 12.9 Å². The quantitative estimate of drug-likeness (QED) is 0.457. The molecule has 0 aliphatic carbocycles. The zero-order valence-corrected chi connectivity index (χ0v) is 19.9. The van der Waals surface area contributed by atoms with E-state index in [-0.39, 0.29) is 10.5 Å². The highest BCUT2D eigenvalue weighted by molar-refractivity contribution is 7.89. The van der Waals surface area contributed by atoms with Crippen LogP contribution in [0.4, 0.5) is 0 Å². The summed E-state index contributed by atoms with van der Waals surface area (Å²) in [5.41, 5.74) is 1.14. The van der Waals surface area contributed by atoms with Gasteiger partial charge in [-0.3, -0.25) is 9.69 Å². The summed E-state index contributed by atoms with van der Waals surface area (Å²) in [6.45, 7) is 5.46. The number of hydrogen-bond donors (Lipinski definition) is 1. The Balaban J connectivity index is 1.31. The van der Waals surface area contributed by atoms with Crippen molar-refractivity contribution >= 4 is 42.9 Å². The third-order valence-corrected chi connectivity index (χ3v) is 9.47. The highest BCUT2D eigenvalue weighted by Gasteiger charge is 2.33. The highest BCUT2D eigenvalue weighted by atomic mass is 32.2. The number of H-pyrrole nitrogens is 1. The van der Waals surface area contributed by atoms with Crippen LogP contribution in [0.15, 0.2) is 37.1 Å². The zero-order valence-electron chi connectivity index (χ0n) is 17.5. The lowest BCUT2D eigenvalue weighted by molar-refractivity contribution is 0.178. The summed E-state index contributed by atoms with van der Waals surface area (Å²) in [4.78, 5) is 24.4. The van der Waals surface area contributed by atoms with E-state index in [1.54, 1.807) is 25.2 Å². The molecule has 12 heteroatoms. The van der Waals surface area contributed by atoms with E-state index in [9.17, 15) is 13.2 Å². The van der Waals surface area contributed by atoms with Crippen LogP contribution >= 0.6 is 22.7 Å². The number of rotatable bonds is 5. The van der Waals surface area contributed by atoms with Gasteiger partial charge in [0.15, 0.2) is 5.76 Å². The molecule has 0 spiro atoms. The van der Waals surface area contributed by atoms with E-state index < -0.39 is 10.0 Å². The van der Waals surface area contributed by atoms with Crippen molar-refractivity contribution in [2.45, 2.75) is 25.3 Å². The number of aromatic nitrogens is 3. The van der Waals surface area contributed by atoms with Gasteiger partial charge >= 0.3 is 0 Å². The summed E-state index contributed by atoms with van der Waals surface area (Å²) in [5.74, 6) is 0.891. The second kappa shape index (κ2) is 8.19. The van der Waals surface area contributed by atoms with Gasteiger partial charge in [-0.2, -0.15) is 4.31 Å². The van der Waals surface area contributed by atoms with Crippen LogP contribution in [0.1, 0.15) is 17.3 Å². The lowest BCUT2D eigenvalue weighted by atomic mass is 10.2. The minimum Gasteiger partial charge on any atom is -0.360 e. The van der Waals surface area contributed by atoms with Crippen molar-refractivity contribution in [1.29, 1.82) is 0 Å². The molecule has 1 aliphatic heterocycles. The Labute approximate surface area is 192 Å². The second-order valence-electron chi connectivity index (χ2n) is 7.65. The monoisotopic (exact) mass is 491 g/mol. The molecule has 0 radical (unpaired) electrons. The molecule has 0 saturated carbocycles. The van der Waals surface area contributed by atoms with E-state index in [4.69, 9.17) is 4.52 Å². The molecular formula is C20H21N5O4S3. The zero-order chi connectivity index (χ0) is 22.5. The first-order valence-corrected chi connectivity index (χ1v) is 13.2. The predicted molar refractivity (Wildman–Crippen MR) is 124 cm³/mol. The Bertz CT molecular complexity index is 1410. The van der Waals surface area contributed by atoms with Gasteiger partial charge < -0.3 is 9.51 Å². The van der Waals surface area contributed by atoms with E-state index >= 15 is 0 Å². The van der Waals surface area contributed by atoms with Gasteiger partial charge in [-0.15, -0.1) is 22.7 Å². The molecule has 0 atom stereocenters.